The molecule has 1 amide bonds. The molecule has 0 aliphatic heterocycles. The number of hydrogen-bond donors (Lipinski definition) is 0. The number of ether oxygens (including phenoxy) is 1. The molecule has 1 aromatic rings. The maximum absolute atomic E-state index is 12.8. The van der Waals surface area contributed by atoms with E-state index in [0.717, 1.165) is 26.1 Å². The van der Waals surface area contributed by atoms with Crippen LogP contribution in [0.25, 0.3) is 0 Å². The SMILES string of the molecule is CCOC(=O)CCN(CCCN(CC)CC)C(=O)c1cccc(Cl)c1. The number of amides is 1. The minimum atomic E-state index is -0.282. The van der Waals surface area contributed by atoms with E-state index < -0.39 is 0 Å². The van der Waals surface area contributed by atoms with Crippen LogP contribution < -0.4 is 0 Å². The molecule has 6 heteroatoms. The summed E-state index contributed by atoms with van der Waals surface area (Å²) in [5.74, 6) is -0.388. The lowest BCUT2D eigenvalue weighted by Crippen LogP contribution is -2.36. The van der Waals surface area contributed by atoms with Gasteiger partial charge in [0.25, 0.3) is 5.91 Å². The summed E-state index contributed by atoms with van der Waals surface area (Å²) in [4.78, 5) is 28.5. The quantitative estimate of drug-likeness (QED) is 0.561. The topological polar surface area (TPSA) is 49.9 Å². The number of benzene rings is 1. The molecule has 0 radical (unpaired) electrons. The smallest absolute Gasteiger partial charge is 0.307 e. The first-order valence-corrected chi connectivity index (χ1v) is 9.32. The maximum Gasteiger partial charge on any atom is 0.307 e. The molecule has 0 atom stereocenters. The van der Waals surface area contributed by atoms with Crippen LogP contribution in [0.3, 0.4) is 0 Å². The Morgan fingerprint density at radius 1 is 1.08 bits per heavy atom. The second-order valence-electron chi connectivity index (χ2n) is 5.74. The molecule has 0 fully saturated rings. The molecular weight excluding hydrogens is 340 g/mol. The lowest BCUT2D eigenvalue weighted by atomic mass is 10.2. The zero-order valence-electron chi connectivity index (χ0n) is 15.5. The van der Waals surface area contributed by atoms with Gasteiger partial charge in [0.15, 0.2) is 0 Å². The van der Waals surface area contributed by atoms with Crippen molar-refractivity contribution in [2.45, 2.75) is 33.6 Å². The molecule has 0 aliphatic rings. The molecule has 0 saturated carbocycles. The van der Waals surface area contributed by atoms with Crippen LogP contribution in [0.5, 0.6) is 0 Å². The molecule has 0 heterocycles. The summed E-state index contributed by atoms with van der Waals surface area (Å²) < 4.78 is 4.97. The van der Waals surface area contributed by atoms with Gasteiger partial charge in [-0.25, -0.2) is 0 Å². The predicted molar refractivity (Wildman–Crippen MR) is 101 cm³/mol. The van der Waals surface area contributed by atoms with Crippen molar-refractivity contribution in [3.8, 4) is 0 Å². The second-order valence-corrected chi connectivity index (χ2v) is 6.17. The second kappa shape index (κ2) is 11.9. The van der Waals surface area contributed by atoms with Crippen LogP contribution >= 0.6 is 11.6 Å². The number of esters is 1. The number of nitrogens with zero attached hydrogens (tertiary/aromatic N) is 2. The van der Waals surface area contributed by atoms with E-state index in [9.17, 15) is 9.59 Å². The molecule has 0 aromatic heterocycles. The van der Waals surface area contributed by atoms with Gasteiger partial charge < -0.3 is 14.5 Å². The van der Waals surface area contributed by atoms with Crippen molar-refractivity contribution in [1.82, 2.24) is 9.80 Å². The molecule has 25 heavy (non-hydrogen) atoms. The average molecular weight is 369 g/mol. The molecule has 0 aliphatic carbocycles. The van der Waals surface area contributed by atoms with Crippen LogP contribution in [0.1, 0.15) is 44.0 Å². The Bertz CT molecular complexity index is 547. The Balaban J connectivity index is 2.72. The predicted octanol–water partition coefficient (Wildman–Crippen LogP) is 3.47. The van der Waals surface area contributed by atoms with Crippen LogP contribution in [-0.2, 0) is 9.53 Å². The van der Waals surface area contributed by atoms with Crippen molar-refractivity contribution in [2.24, 2.45) is 0 Å². The van der Waals surface area contributed by atoms with Crippen LogP contribution in [0.15, 0.2) is 24.3 Å². The molecule has 1 aromatic carbocycles. The fourth-order valence-electron chi connectivity index (χ4n) is 2.60. The van der Waals surface area contributed by atoms with Crippen molar-refractivity contribution < 1.29 is 14.3 Å². The summed E-state index contributed by atoms with van der Waals surface area (Å²) in [6.07, 6.45) is 1.06. The number of rotatable bonds is 11. The minimum absolute atomic E-state index is 0.105. The molecule has 0 saturated heterocycles. The Morgan fingerprint density at radius 2 is 1.80 bits per heavy atom. The normalized spacial score (nSPS) is 10.8. The van der Waals surface area contributed by atoms with Crippen LogP contribution in [0.4, 0.5) is 0 Å². The summed E-state index contributed by atoms with van der Waals surface area (Å²) in [6.45, 7) is 10.2. The summed E-state index contributed by atoms with van der Waals surface area (Å²) in [5, 5.41) is 0.527. The molecule has 0 N–H and O–H groups in total. The third-order valence-electron chi connectivity index (χ3n) is 4.05. The average Bonchev–Trinajstić information content (AvgIpc) is 2.61. The number of carbonyl (C=O) groups is 2. The van der Waals surface area contributed by atoms with Crippen molar-refractivity contribution in [3.63, 3.8) is 0 Å². The van der Waals surface area contributed by atoms with Crippen molar-refractivity contribution >= 4 is 23.5 Å². The maximum atomic E-state index is 12.8. The largest absolute Gasteiger partial charge is 0.466 e. The Morgan fingerprint density at radius 3 is 2.40 bits per heavy atom. The van der Waals surface area contributed by atoms with Crippen LogP contribution in [0, 0.1) is 0 Å². The molecule has 0 bridgehead atoms. The van der Waals surface area contributed by atoms with Gasteiger partial charge in [0.05, 0.1) is 13.0 Å². The van der Waals surface area contributed by atoms with E-state index in [1.54, 1.807) is 36.1 Å². The zero-order valence-corrected chi connectivity index (χ0v) is 16.2. The van der Waals surface area contributed by atoms with E-state index in [0.29, 0.717) is 30.3 Å². The third kappa shape index (κ3) is 7.88. The Hall–Kier alpha value is -1.59. The highest BCUT2D eigenvalue weighted by Crippen LogP contribution is 2.13. The summed E-state index contributed by atoms with van der Waals surface area (Å²) >= 11 is 5.99. The lowest BCUT2D eigenvalue weighted by Gasteiger charge is -2.25. The molecule has 1 rings (SSSR count). The van der Waals surface area contributed by atoms with E-state index in [1.807, 2.05) is 0 Å². The highest BCUT2D eigenvalue weighted by molar-refractivity contribution is 6.30. The number of hydrogen-bond acceptors (Lipinski definition) is 4. The van der Waals surface area contributed by atoms with Gasteiger partial charge >= 0.3 is 5.97 Å². The van der Waals surface area contributed by atoms with Gasteiger partial charge in [-0.15, -0.1) is 0 Å². The summed E-state index contributed by atoms with van der Waals surface area (Å²) in [7, 11) is 0. The van der Waals surface area contributed by atoms with Gasteiger partial charge in [-0.05, 0) is 51.2 Å². The number of halogens is 1. The van der Waals surface area contributed by atoms with Gasteiger partial charge in [0.1, 0.15) is 0 Å². The van der Waals surface area contributed by atoms with Gasteiger partial charge in [0, 0.05) is 23.7 Å². The molecule has 5 nitrogen and oxygen atoms in total. The first kappa shape index (κ1) is 21.5. The first-order chi connectivity index (χ1) is 12.0. The fraction of sp³-hybridized carbons (Fsp3) is 0.579. The number of carbonyl (C=O) groups excluding carboxylic acids is 2. The van der Waals surface area contributed by atoms with E-state index in [1.165, 1.54) is 0 Å². The Labute approximate surface area is 155 Å². The van der Waals surface area contributed by atoms with Crippen LogP contribution in [0.2, 0.25) is 5.02 Å². The van der Waals surface area contributed by atoms with Gasteiger partial charge in [-0.1, -0.05) is 31.5 Å². The van der Waals surface area contributed by atoms with Crippen molar-refractivity contribution in [2.75, 3.05) is 39.3 Å². The van der Waals surface area contributed by atoms with E-state index in [2.05, 4.69) is 18.7 Å². The van der Waals surface area contributed by atoms with Gasteiger partial charge in [0.2, 0.25) is 0 Å². The first-order valence-electron chi connectivity index (χ1n) is 8.94. The van der Waals surface area contributed by atoms with Crippen LogP contribution in [-0.4, -0.2) is 61.0 Å². The minimum Gasteiger partial charge on any atom is -0.466 e. The van der Waals surface area contributed by atoms with Crippen molar-refractivity contribution in [3.05, 3.63) is 34.9 Å². The van der Waals surface area contributed by atoms with E-state index >= 15 is 0 Å². The van der Waals surface area contributed by atoms with Crippen molar-refractivity contribution in [1.29, 1.82) is 0 Å². The van der Waals surface area contributed by atoms with E-state index in [4.69, 9.17) is 16.3 Å². The monoisotopic (exact) mass is 368 g/mol. The third-order valence-corrected chi connectivity index (χ3v) is 4.28. The summed E-state index contributed by atoms with van der Waals surface area (Å²) in [5.41, 5.74) is 0.541. The standard InChI is InChI=1S/C19H29ClN2O3/c1-4-21(5-2)12-8-13-22(14-11-18(23)25-6-3)19(24)16-9-7-10-17(20)15-16/h7,9-10,15H,4-6,8,11-14H2,1-3H3. The zero-order chi connectivity index (χ0) is 18.7. The highest BCUT2D eigenvalue weighted by atomic mass is 35.5. The molecule has 0 unspecified atom stereocenters. The molecule has 140 valence electrons. The molecule has 0 spiro atoms. The lowest BCUT2D eigenvalue weighted by molar-refractivity contribution is -0.143. The Kier molecular flexibility index (Phi) is 10.2. The van der Waals surface area contributed by atoms with Gasteiger partial charge in [-0.2, -0.15) is 0 Å². The van der Waals surface area contributed by atoms with E-state index in [-0.39, 0.29) is 18.3 Å². The highest BCUT2D eigenvalue weighted by Gasteiger charge is 2.17. The fourth-order valence-corrected chi connectivity index (χ4v) is 2.79. The van der Waals surface area contributed by atoms with Gasteiger partial charge in [-0.3, -0.25) is 9.59 Å². The summed E-state index contributed by atoms with van der Waals surface area (Å²) in [6, 6.07) is 6.90. The molecular formula is C19H29ClN2O3.